The molecule has 2 aromatic rings. The molecule has 1 N–H and O–H groups in total. The first-order valence-electron chi connectivity index (χ1n) is 7.80. The number of aliphatic carboxylic acids is 1. The van der Waals surface area contributed by atoms with E-state index >= 15 is 0 Å². The molecule has 0 saturated carbocycles. The van der Waals surface area contributed by atoms with Gasteiger partial charge in [-0.1, -0.05) is 12.1 Å². The fraction of sp³-hybridized carbons (Fsp3) is 0.222. The number of anilines is 1. The maximum absolute atomic E-state index is 12.5. The number of nitro benzene ring substituents is 1. The van der Waals surface area contributed by atoms with Crippen molar-refractivity contribution in [1.29, 1.82) is 0 Å². The summed E-state index contributed by atoms with van der Waals surface area (Å²) in [6.45, 7) is 0.169. The predicted molar refractivity (Wildman–Crippen MR) is 94.2 cm³/mol. The lowest BCUT2D eigenvalue weighted by Crippen LogP contribution is -2.30. The third kappa shape index (κ3) is 5.04. The summed E-state index contributed by atoms with van der Waals surface area (Å²) in [5.41, 5.74) is 1.23. The zero-order chi connectivity index (χ0) is 19.1. The first kappa shape index (κ1) is 18.9. The quantitative estimate of drug-likeness (QED) is 0.574. The Balaban J connectivity index is 2.24. The van der Waals surface area contributed by atoms with Crippen LogP contribution in [0, 0.1) is 10.1 Å². The molecule has 136 valence electrons. The van der Waals surface area contributed by atoms with E-state index in [0.29, 0.717) is 17.0 Å². The predicted octanol–water partition coefficient (Wildman–Crippen LogP) is 3.00. The highest BCUT2D eigenvalue weighted by molar-refractivity contribution is 5.94. The number of carboxylic acid groups (broad SMARTS) is 1. The standard InChI is InChI=1S/C18H18N2O6/c1-26-16-8-6-14(7-9-16)19(17(21)10-11-18(22)23)12-13-2-4-15(5-3-13)20(24)25/h2-9H,10-12H2,1H3,(H,22,23). The number of amides is 1. The van der Waals surface area contributed by atoms with Crippen molar-refractivity contribution in [3.63, 3.8) is 0 Å². The number of carboxylic acids is 1. The Morgan fingerprint density at radius 3 is 2.19 bits per heavy atom. The Hall–Kier alpha value is -3.42. The lowest BCUT2D eigenvalue weighted by molar-refractivity contribution is -0.384. The van der Waals surface area contributed by atoms with Crippen molar-refractivity contribution < 1.29 is 24.4 Å². The van der Waals surface area contributed by atoms with E-state index in [1.807, 2.05) is 0 Å². The number of nitro groups is 1. The monoisotopic (exact) mass is 358 g/mol. The van der Waals surface area contributed by atoms with E-state index < -0.39 is 10.9 Å². The van der Waals surface area contributed by atoms with Crippen LogP contribution in [-0.4, -0.2) is 29.0 Å². The summed E-state index contributed by atoms with van der Waals surface area (Å²) in [7, 11) is 1.53. The minimum absolute atomic E-state index is 0.0399. The summed E-state index contributed by atoms with van der Waals surface area (Å²) >= 11 is 0. The molecule has 2 aromatic carbocycles. The van der Waals surface area contributed by atoms with Gasteiger partial charge < -0.3 is 14.7 Å². The molecular formula is C18H18N2O6. The van der Waals surface area contributed by atoms with Gasteiger partial charge in [-0.3, -0.25) is 19.7 Å². The van der Waals surface area contributed by atoms with Crippen LogP contribution in [0.5, 0.6) is 5.75 Å². The van der Waals surface area contributed by atoms with Gasteiger partial charge in [0.2, 0.25) is 5.91 Å². The Kier molecular flexibility index (Phi) is 6.26. The number of non-ortho nitro benzene ring substituents is 1. The van der Waals surface area contributed by atoms with Gasteiger partial charge in [-0.15, -0.1) is 0 Å². The highest BCUT2D eigenvalue weighted by Gasteiger charge is 2.18. The van der Waals surface area contributed by atoms with Gasteiger partial charge in [-0.05, 0) is 29.8 Å². The molecular weight excluding hydrogens is 340 g/mol. The Morgan fingerprint density at radius 1 is 1.08 bits per heavy atom. The summed E-state index contributed by atoms with van der Waals surface area (Å²) in [5, 5.41) is 19.6. The molecule has 0 aromatic heterocycles. The van der Waals surface area contributed by atoms with Gasteiger partial charge in [0.05, 0.1) is 25.0 Å². The molecule has 0 fully saturated rings. The highest BCUT2D eigenvalue weighted by Crippen LogP contribution is 2.23. The van der Waals surface area contributed by atoms with Crippen molar-refractivity contribution in [3.05, 3.63) is 64.2 Å². The molecule has 0 saturated heterocycles. The van der Waals surface area contributed by atoms with Crippen molar-refractivity contribution >= 4 is 23.3 Å². The zero-order valence-electron chi connectivity index (χ0n) is 14.1. The van der Waals surface area contributed by atoms with E-state index in [0.717, 1.165) is 0 Å². The largest absolute Gasteiger partial charge is 0.497 e. The lowest BCUT2D eigenvalue weighted by atomic mass is 10.1. The van der Waals surface area contributed by atoms with Crippen molar-refractivity contribution in [2.24, 2.45) is 0 Å². The second kappa shape index (κ2) is 8.61. The smallest absolute Gasteiger partial charge is 0.303 e. The normalized spacial score (nSPS) is 10.2. The number of rotatable bonds is 8. The van der Waals surface area contributed by atoms with Crippen molar-refractivity contribution in [3.8, 4) is 5.75 Å². The molecule has 0 spiro atoms. The summed E-state index contributed by atoms with van der Waals surface area (Å²) in [6, 6.07) is 12.7. The average molecular weight is 358 g/mol. The number of carbonyl (C=O) groups is 2. The first-order valence-corrected chi connectivity index (χ1v) is 7.80. The van der Waals surface area contributed by atoms with Gasteiger partial charge in [0, 0.05) is 24.2 Å². The second-order valence-corrected chi connectivity index (χ2v) is 5.50. The van der Waals surface area contributed by atoms with Gasteiger partial charge >= 0.3 is 5.97 Å². The number of hydrogen-bond donors (Lipinski definition) is 1. The zero-order valence-corrected chi connectivity index (χ0v) is 14.1. The number of benzene rings is 2. The topological polar surface area (TPSA) is 110 Å². The SMILES string of the molecule is COc1ccc(N(Cc2ccc([N+](=O)[O-])cc2)C(=O)CCC(=O)O)cc1. The minimum atomic E-state index is -1.05. The van der Waals surface area contributed by atoms with Crippen molar-refractivity contribution in [1.82, 2.24) is 0 Å². The number of carbonyl (C=O) groups excluding carboxylic acids is 1. The van der Waals surface area contributed by atoms with Crippen LogP contribution < -0.4 is 9.64 Å². The maximum atomic E-state index is 12.5. The molecule has 0 atom stereocenters. The summed E-state index contributed by atoms with van der Waals surface area (Å²) < 4.78 is 5.10. The van der Waals surface area contributed by atoms with Gasteiger partial charge in [0.1, 0.15) is 5.75 Å². The molecule has 1 amide bonds. The molecule has 0 aliphatic carbocycles. The fourth-order valence-corrected chi connectivity index (χ4v) is 2.34. The molecule has 2 rings (SSSR count). The number of methoxy groups -OCH3 is 1. The molecule has 0 aliphatic heterocycles. The average Bonchev–Trinajstić information content (AvgIpc) is 2.64. The van der Waals surface area contributed by atoms with E-state index in [4.69, 9.17) is 9.84 Å². The Labute approximate surface area is 149 Å². The minimum Gasteiger partial charge on any atom is -0.497 e. The number of hydrogen-bond acceptors (Lipinski definition) is 5. The molecule has 0 bridgehead atoms. The highest BCUT2D eigenvalue weighted by atomic mass is 16.6. The van der Waals surface area contributed by atoms with Crippen LogP contribution in [0.4, 0.5) is 11.4 Å². The van der Waals surface area contributed by atoms with E-state index in [1.54, 1.807) is 36.4 Å². The molecule has 26 heavy (non-hydrogen) atoms. The van der Waals surface area contributed by atoms with Crippen molar-refractivity contribution in [2.45, 2.75) is 19.4 Å². The fourth-order valence-electron chi connectivity index (χ4n) is 2.34. The third-order valence-corrected chi connectivity index (χ3v) is 3.73. The van der Waals surface area contributed by atoms with E-state index in [-0.39, 0.29) is 31.0 Å². The summed E-state index contributed by atoms with van der Waals surface area (Å²) in [6.07, 6.45) is -0.417. The van der Waals surface area contributed by atoms with Crippen LogP contribution in [0.2, 0.25) is 0 Å². The summed E-state index contributed by atoms with van der Waals surface area (Å²) in [4.78, 5) is 35.0. The molecule has 8 heteroatoms. The first-order chi connectivity index (χ1) is 12.4. The lowest BCUT2D eigenvalue weighted by Gasteiger charge is -2.23. The van der Waals surface area contributed by atoms with E-state index in [1.165, 1.54) is 24.1 Å². The summed E-state index contributed by atoms with van der Waals surface area (Å²) in [5.74, 6) is -0.777. The van der Waals surface area contributed by atoms with E-state index in [9.17, 15) is 19.7 Å². The van der Waals surface area contributed by atoms with Crippen LogP contribution in [-0.2, 0) is 16.1 Å². The van der Waals surface area contributed by atoms with Gasteiger partial charge in [-0.25, -0.2) is 0 Å². The second-order valence-electron chi connectivity index (χ2n) is 5.50. The van der Waals surface area contributed by atoms with Gasteiger partial charge in [0.15, 0.2) is 0 Å². The van der Waals surface area contributed by atoms with E-state index in [2.05, 4.69) is 0 Å². The maximum Gasteiger partial charge on any atom is 0.303 e. The van der Waals surface area contributed by atoms with Crippen molar-refractivity contribution in [2.75, 3.05) is 12.0 Å². The van der Waals surface area contributed by atoms with Gasteiger partial charge in [0.25, 0.3) is 5.69 Å². The number of ether oxygens (including phenoxy) is 1. The number of nitrogens with zero attached hydrogens (tertiary/aromatic N) is 2. The van der Waals surface area contributed by atoms with Crippen LogP contribution in [0.3, 0.4) is 0 Å². The molecule has 0 radical (unpaired) electrons. The van der Waals surface area contributed by atoms with Gasteiger partial charge in [-0.2, -0.15) is 0 Å². The Bertz CT molecular complexity index is 786. The Morgan fingerprint density at radius 2 is 1.69 bits per heavy atom. The van der Waals surface area contributed by atoms with Crippen LogP contribution in [0.1, 0.15) is 18.4 Å². The molecule has 0 aliphatic rings. The molecule has 8 nitrogen and oxygen atoms in total. The van der Waals surface area contributed by atoms with Crippen LogP contribution in [0.15, 0.2) is 48.5 Å². The van der Waals surface area contributed by atoms with Crippen LogP contribution in [0.25, 0.3) is 0 Å². The third-order valence-electron chi connectivity index (χ3n) is 3.73. The van der Waals surface area contributed by atoms with Crippen LogP contribution >= 0.6 is 0 Å². The molecule has 0 unspecified atom stereocenters. The molecule has 0 heterocycles.